The first kappa shape index (κ1) is 16.4. The van der Waals surface area contributed by atoms with E-state index in [-0.39, 0.29) is 38.7 Å². The Hall–Kier alpha value is -1.04. The molecular formula is C20H25INO2-. The molecule has 0 bridgehead atoms. The summed E-state index contributed by atoms with van der Waals surface area (Å²) in [6, 6.07) is 2.08. The van der Waals surface area contributed by atoms with Gasteiger partial charge in [0.05, 0.1) is 0 Å². The molecular weight excluding hydrogens is 413 g/mol. The molecule has 4 rings (SSSR count). The van der Waals surface area contributed by atoms with E-state index >= 15 is 0 Å². The van der Waals surface area contributed by atoms with Crippen molar-refractivity contribution in [2.45, 2.75) is 50.9 Å². The molecule has 3 nitrogen and oxygen atoms in total. The predicted molar refractivity (Wildman–Crippen MR) is 91.7 cm³/mol. The molecule has 3 aliphatic carbocycles. The molecule has 0 saturated heterocycles. The summed E-state index contributed by atoms with van der Waals surface area (Å²) in [5, 5.41) is 10.1. The van der Waals surface area contributed by atoms with Crippen LogP contribution in [-0.2, 0) is 0 Å². The van der Waals surface area contributed by atoms with E-state index in [9.17, 15) is 9.90 Å². The summed E-state index contributed by atoms with van der Waals surface area (Å²) in [6.07, 6.45) is 7.79. The number of allylic oxidation sites excluding steroid dienone is 2. The van der Waals surface area contributed by atoms with Crippen molar-refractivity contribution in [1.82, 2.24) is 0 Å². The van der Waals surface area contributed by atoms with E-state index in [1.54, 1.807) is 6.08 Å². The first-order valence-corrected chi connectivity index (χ1v) is 12.2. The summed E-state index contributed by atoms with van der Waals surface area (Å²) >= 11 is -0.161. The number of anilines is 1. The van der Waals surface area contributed by atoms with Crippen LogP contribution >= 0.6 is 0 Å². The molecule has 0 spiro atoms. The summed E-state index contributed by atoms with van der Waals surface area (Å²) in [5.74, 6) is 1.66. The molecule has 0 heterocycles. The number of carbonyl (C=O) groups excluding carboxylic acids is 1. The molecule has 2 fully saturated rings. The van der Waals surface area contributed by atoms with Gasteiger partial charge in [-0.05, 0) is 0 Å². The fourth-order valence-electron chi connectivity index (χ4n) is 4.58. The van der Waals surface area contributed by atoms with Crippen molar-refractivity contribution in [2.75, 3.05) is 10.7 Å². The number of hydrogen-bond acceptors (Lipinski definition) is 3. The molecule has 2 saturated carbocycles. The number of nitrogen functional groups attached to an aromatic ring is 1. The Morgan fingerprint density at radius 1 is 1.21 bits per heavy atom. The number of carbonyl (C=O) groups is 1. The van der Waals surface area contributed by atoms with E-state index in [0.717, 1.165) is 17.2 Å². The van der Waals surface area contributed by atoms with Gasteiger partial charge >= 0.3 is 154 Å². The average Bonchev–Trinajstić information content (AvgIpc) is 3.32. The minimum atomic E-state index is -0.237. The van der Waals surface area contributed by atoms with Crippen molar-refractivity contribution in [3.8, 4) is 0 Å². The molecule has 3 atom stereocenters. The quantitative estimate of drug-likeness (QED) is 0.424. The summed E-state index contributed by atoms with van der Waals surface area (Å²) in [7, 11) is 0. The number of aliphatic hydroxyl groups excluding tert-OH is 1. The van der Waals surface area contributed by atoms with E-state index in [1.807, 2.05) is 0 Å². The molecule has 0 aromatic heterocycles. The number of halogens is 1. The number of fused-ring (bicyclic) bond motifs is 1. The third-order valence-corrected chi connectivity index (χ3v) is 8.04. The Kier molecular flexibility index (Phi) is 4.14. The van der Waals surface area contributed by atoms with Crippen LogP contribution in [0.15, 0.2) is 17.9 Å². The van der Waals surface area contributed by atoms with E-state index in [1.165, 1.54) is 41.2 Å². The van der Waals surface area contributed by atoms with E-state index in [4.69, 9.17) is 5.73 Å². The second-order valence-corrected chi connectivity index (χ2v) is 9.94. The molecule has 3 N–H and O–H groups in total. The second-order valence-electron chi connectivity index (χ2n) is 7.70. The molecule has 3 aliphatic rings. The Labute approximate surface area is 154 Å². The molecule has 0 amide bonds. The normalized spacial score (nSPS) is 29.7. The Balaban J connectivity index is 1.89. The van der Waals surface area contributed by atoms with Gasteiger partial charge in [0.15, 0.2) is 0 Å². The van der Waals surface area contributed by atoms with Crippen LogP contribution in [0.25, 0.3) is 0 Å². The molecule has 3 unspecified atom stereocenters. The summed E-state index contributed by atoms with van der Waals surface area (Å²) in [6.45, 7) is 2.33. The van der Waals surface area contributed by atoms with Gasteiger partial charge in [-0.2, -0.15) is 0 Å². The molecule has 1 aromatic carbocycles. The van der Waals surface area contributed by atoms with Gasteiger partial charge in [0, 0.05) is 0 Å². The van der Waals surface area contributed by atoms with Gasteiger partial charge in [0.1, 0.15) is 0 Å². The molecule has 4 heteroatoms. The van der Waals surface area contributed by atoms with E-state index < -0.39 is 0 Å². The number of alkyl halides is 1. The fraction of sp³-hybridized carbons (Fsp3) is 0.550. The van der Waals surface area contributed by atoms with Gasteiger partial charge in [0.25, 0.3) is 0 Å². The zero-order valence-corrected chi connectivity index (χ0v) is 16.5. The van der Waals surface area contributed by atoms with Crippen molar-refractivity contribution in [3.63, 3.8) is 0 Å². The zero-order chi connectivity index (χ0) is 17.0. The Morgan fingerprint density at radius 3 is 2.54 bits per heavy atom. The number of aliphatic hydroxyl groups is 1. The van der Waals surface area contributed by atoms with Crippen LogP contribution in [0.3, 0.4) is 0 Å². The topological polar surface area (TPSA) is 63.3 Å². The van der Waals surface area contributed by atoms with Crippen LogP contribution in [-0.4, -0.2) is 15.8 Å². The van der Waals surface area contributed by atoms with Crippen LogP contribution < -0.4 is 26.9 Å². The minimum absolute atomic E-state index is 0.0821. The molecule has 24 heavy (non-hydrogen) atoms. The second kappa shape index (κ2) is 6.04. The molecule has 0 radical (unpaired) electrons. The van der Waals surface area contributed by atoms with Crippen LogP contribution in [0.2, 0.25) is 0 Å². The SMILES string of the molecule is C[I-]c1cc2c(c(N)c1C1CCC(C)C1)C(C1CC1)C=C(O)C2=O. The van der Waals surface area contributed by atoms with E-state index in [0.29, 0.717) is 17.4 Å². The number of benzene rings is 1. The van der Waals surface area contributed by atoms with Crippen LogP contribution in [0, 0.1) is 15.4 Å². The number of nitrogens with two attached hydrogens (primary N) is 1. The molecule has 0 aliphatic heterocycles. The average molecular weight is 438 g/mol. The fourth-order valence-corrected chi connectivity index (χ4v) is 6.52. The van der Waals surface area contributed by atoms with Gasteiger partial charge < -0.3 is 0 Å². The monoisotopic (exact) mass is 438 g/mol. The number of Topliss-reactive ketones (excluding diaryl/α,β-unsaturated/α-hetero) is 1. The summed E-state index contributed by atoms with van der Waals surface area (Å²) in [4.78, 5) is 14.8. The molecule has 1 aromatic rings. The van der Waals surface area contributed by atoms with Crippen molar-refractivity contribution in [1.29, 1.82) is 0 Å². The molecule has 130 valence electrons. The predicted octanol–water partition coefficient (Wildman–Crippen LogP) is 1.19. The van der Waals surface area contributed by atoms with Gasteiger partial charge in [-0.25, -0.2) is 0 Å². The van der Waals surface area contributed by atoms with Crippen molar-refractivity contribution in [3.05, 3.63) is 38.2 Å². The zero-order valence-electron chi connectivity index (χ0n) is 14.3. The standard InChI is InChI=1S/C20H25INO2/c1-10-3-4-12(7-10)17-15(21-2)8-14-18(19(17)22)13(11-5-6-11)9-16(23)20(14)24/h8-13,23H,3-7,22H2,1-2H3/q-1. The van der Waals surface area contributed by atoms with Crippen molar-refractivity contribution >= 4 is 11.5 Å². The first-order chi connectivity index (χ1) is 11.5. The van der Waals surface area contributed by atoms with Gasteiger partial charge in [-0.1, -0.05) is 0 Å². The van der Waals surface area contributed by atoms with Crippen LogP contribution in [0.4, 0.5) is 5.69 Å². The third-order valence-electron chi connectivity index (χ3n) is 5.98. The van der Waals surface area contributed by atoms with E-state index in [2.05, 4.69) is 17.9 Å². The van der Waals surface area contributed by atoms with Gasteiger partial charge in [-0.15, -0.1) is 0 Å². The number of hydrogen-bond donors (Lipinski definition) is 2. The Bertz CT molecular complexity index is 736. The third kappa shape index (κ3) is 2.57. The maximum atomic E-state index is 12.5. The first-order valence-electron chi connectivity index (χ1n) is 8.92. The van der Waals surface area contributed by atoms with Gasteiger partial charge in [0.2, 0.25) is 0 Å². The summed E-state index contributed by atoms with van der Waals surface area (Å²) < 4.78 is 1.31. The Morgan fingerprint density at radius 2 is 1.96 bits per heavy atom. The number of rotatable bonds is 3. The number of ketones is 1. The van der Waals surface area contributed by atoms with Crippen molar-refractivity contribution in [2.24, 2.45) is 11.8 Å². The van der Waals surface area contributed by atoms with Gasteiger partial charge in [-0.3, -0.25) is 0 Å². The van der Waals surface area contributed by atoms with Crippen LogP contribution in [0.1, 0.15) is 72.3 Å². The van der Waals surface area contributed by atoms with Crippen LogP contribution in [0.5, 0.6) is 0 Å². The van der Waals surface area contributed by atoms with Crippen molar-refractivity contribution < 1.29 is 31.1 Å². The summed E-state index contributed by atoms with van der Waals surface area (Å²) in [5.41, 5.74) is 10.6. The maximum absolute atomic E-state index is 12.5.